The maximum Gasteiger partial charge on any atom is 0.251 e. The van der Waals surface area contributed by atoms with Crippen molar-refractivity contribution >= 4 is 11.8 Å². The molecule has 1 aliphatic rings. The number of rotatable bonds is 4. The Labute approximate surface area is 124 Å². The fourth-order valence-corrected chi connectivity index (χ4v) is 2.68. The molecule has 5 nitrogen and oxygen atoms in total. The minimum atomic E-state index is -0.785. The summed E-state index contributed by atoms with van der Waals surface area (Å²) >= 11 is 0. The Morgan fingerprint density at radius 3 is 2.38 bits per heavy atom. The molecule has 2 amide bonds. The number of amides is 2. The zero-order chi connectivity index (χ0) is 15.3. The number of hydrogen-bond donors (Lipinski definition) is 3. The second-order valence-electron chi connectivity index (χ2n) is 5.63. The van der Waals surface area contributed by atoms with Gasteiger partial charge in [0.15, 0.2) is 0 Å². The zero-order valence-electron chi connectivity index (χ0n) is 12.3. The van der Waals surface area contributed by atoms with E-state index in [-0.39, 0.29) is 18.4 Å². The van der Waals surface area contributed by atoms with Crippen LogP contribution in [0.5, 0.6) is 0 Å². The molecule has 0 atom stereocenters. The summed E-state index contributed by atoms with van der Waals surface area (Å²) in [6.07, 6.45) is 4.60. The Hall–Kier alpha value is -1.88. The van der Waals surface area contributed by atoms with Crippen LogP contribution in [0, 0.1) is 0 Å². The largest absolute Gasteiger partial charge is 0.388 e. The van der Waals surface area contributed by atoms with Crippen LogP contribution in [0.1, 0.15) is 52.8 Å². The molecule has 2 rings (SSSR count). The molecule has 5 heteroatoms. The molecule has 0 radical (unpaired) electrons. The molecule has 1 aliphatic carbocycles. The highest BCUT2D eigenvalue weighted by Gasteiger charge is 2.29. The number of aliphatic hydroxyl groups is 1. The van der Waals surface area contributed by atoms with Crippen LogP contribution in [0.2, 0.25) is 0 Å². The third-order valence-corrected chi connectivity index (χ3v) is 3.98. The number of nitrogens with one attached hydrogen (secondary N) is 2. The minimum absolute atomic E-state index is 0.226. The third-order valence-electron chi connectivity index (χ3n) is 3.98. The first-order valence-electron chi connectivity index (χ1n) is 7.37. The normalized spacial score (nSPS) is 17.0. The molecule has 0 saturated heterocycles. The van der Waals surface area contributed by atoms with Crippen molar-refractivity contribution in [3.63, 3.8) is 0 Å². The first-order valence-corrected chi connectivity index (χ1v) is 7.37. The molecule has 0 bridgehead atoms. The lowest BCUT2D eigenvalue weighted by Crippen LogP contribution is -2.44. The first kappa shape index (κ1) is 15.5. The van der Waals surface area contributed by atoms with Crippen molar-refractivity contribution in [3.8, 4) is 0 Å². The first-order chi connectivity index (χ1) is 10.0. The summed E-state index contributed by atoms with van der Waals surface area (Å²) in [4.78, 5) is 23.7. The summed E-state index contributed by atoms with van der Waals surface area (Å²) in [5.41, 5.74) is 0.0869. The molecule has 0 heterocycles. The molecule has 0 aliphatic heterocycles. The van der Waals surface area contributed by atoms with Gasteiger partial charge in [0.2, 0.25) is 0 Å². The van der Waals surface area contributed by atoms with Gasteiger partial charge in [-0.1, -0.05) is 25.3 Å². The van der Waals surface area contributed by atoms with Crippen LogP contribution in [-0.2, 0) is 0 Å². The molecule has 114 valence electrons. The zero-order valence-corrected chi connectivity index (χ0v) is 12.3. The Balaban J connectivity index is 1.98. The second kappa shape index (κ2) is 6.72. The summed E-state index contributed by atoms with van der Waals surface area (Å²) in [6, 6.07) is 6.55. The van der Waals surface area contributed by atoms with Crippen molar-refractivity contribution in [1.82, 2.24) is 10.6 Å². The predicted octanol–water partition coefficient (Wildman–Crippen LogP) is 1.47. The fraction of sp³-hybridized carbons (Fsp3) is 0.500. The van der Waals surface area contributed by atoms with Gasteiger partial charge < -0.3 is 15.7 Å². The quantitative estimate of drug-likeness (QED) is 0.786. The average Bonchev–Trinajstić information content (AvgIpc) is 2.52. The minimum Gasteiger partial charge on any atom is -0.388 e. The number of carbonyl (C=O) groups excluding carboxylic acids is 2. The van der Waals surface area contributed by atoms with Crippen LogP contribution in [0.4, 0.5) is 0 Å². The van der Waals surface area contributed by atoms with E-state index < -0.39 is 5.60 Å². The number of benzene rings is 1. The molecule has 0 aromatic heterocycles. The molecule has 0 spiro atoms. The van der Waals surface area contributed by atoms with Crippen molar-refractivity contribution in [2.45, 2.75) is 37.7 Å². The van der Waals surface area contributed by atoms with Gasteiger partial charge in [-0.2, -0.15) is 0 Å². The number of carbonyl (C=O) groups is 2. The monoisotopic (exact) mass is 290 g/mol. The third kappa shape index (κ3) is 4.04. The van der Waals surface area contributed by atoms with E-state index in [1.54, 1.807) is 31.3 Å². The van der Waals surface area contributed by atoms with Gasteiger partial charge in [-0.3, -0.25) is 9.59 Å². The van der Waals surface area contributed by atoms with E-state index >= 15 is 0 Å². The summed E-state index contributed by atoms with van der Waals surface area (Å²) in [5.74, 6) is -0.490. The summed E-state index contributed by atoms with van der Waals surface area (Å²) < 4.78 is 0. The van der Waals surface area contributed by atoms with Crippen molar-refractivity contribution in [2.24, 2.45) is 0 Å². The summed E-state index contributed by atoms with van der Waals surface area (Å²) in [7, 11) is 1.55. The molecular formula is C16H22N2O3. The molecule has 3 N–H and O–H groups in total. The van der Waals surface area contributed by atoms with Gasteiger partial charge in [0, 0.05) is 24.7 Å². The standard InChI is InChI=1S/C16H22N2O3/c1-17-14(19)12-6-5-7-13(10-12)15(20)18-11-16(21)8-3-2-4-9-16/h5-7,10,21H,2-4,8-9,11H2,1H3,(H,17,19)(H,18,20). The molecule has 1 fully saturated rings. The van der Waals surface area contributed by atoms with Crippen molar-refractivity contribution < 1.29 is 14.7 Å². The van der Waals surface area contributed by atoms with E-state index in [1.807, 2.05) is 0 Å². The lowest BCUT2D eigenvalue weighted by molar-refractivity contribution is 0.00525. The van der Waals surface area contributed by atoms with Gasteiger partial charge in [-0.15, -0.1) is 0 Å². The molecule has 21 heavy (non-hydrogen) atoms. The molecule has 0 unspecified atom stereocenters. The SMILES string of the molecule is CNC(=O)c1cccc(C(=O)NCC2(O)CCCCC2)c1. The Morgan fingerprint density at radius 1 is 1.14 bits per heavy atom. The van der Waals surface area contributed by atoms with Crippen molar-refractivity contribution in [2.75, 3.05) is 13.6 Å². The molecule has 1 aromatic rings. The topological polar surface area (TPSA) is 78.4 Å². The van der Waals surface area contributed by atoms with E-state index in [0.717, 1.165) is 32.1 Å². The van der Waals surface area contributed by atoms with Crippen LogP contribution in [-0.4, -0.2) is 36.1 Å². The highest BCUT2D eigenvalue weighted by Crippen LogP contribution is 2.27. The van der Waals surface area contributed by atoms with E-state index in [2.05, 4.69) is 10.6 Å². The van der Waals surface area contributed by atoms with Gasteiger partial charge in [0.25, 0.3) is 11.8 Å². The number of hydrogen-bond acceptors (Lipinski definition) is 3. The van der Waals surface area contributed by atoms with E-state index in [4.69, 9.17) is 0 Å². The molecule has 1 saturated carbocycles. The van der Waals surface area contributed by atoms with Gasteiger partial charge in [-0.05, 0) is 31.0 Å². The predicted molar refractivity (Wildman–Crippen MR) is 80.2 cm³/mol. The van der Waals surface area contributed by atoms with Crippen LogP contribution >= 0.6 is 0 Å². The van der Waals surface area contributed by atoms with Crippen LogP contribution in [0.25, 0.3) is 0 Å². The summed E-state index contributed by atoms with van der Waals surface area (Å²) in [6.45, 7) is 0.260. The lowest BCUT2D eigenvalue weighted by atomic mass is 9.85. The van der Waals surface area contributed by atoms with Crippen LogP contribution in [0.15, 0.2) is 24.3 Å². The Morgan fingerprint density at radius 2 is 1.76 bits per heavy atom. The van der Waals surface area contributed by atoms with Crippen LogP contribution < -0.4 is 10.6 Å². The van der Waals surface area contributed by atoms with Crippen molar-refractivity contribution in [3.05, 3.63) is 35.4 Å². The molecular weight excluding hydrogens is 268 g/mol. The maximum atomic E-state index is 12.1. The highest BCUT2D eigenvalue weighted by atomic mass is 16.3. The highest BCUT2D eigenvalue weighted by molar-refractivity contribution is 5.99. The van der Waals surface area contributed by atoms with Gasteiger partial charge in [-0.25, -0.2) is 0 Å². The smallest absolute Gasteiger partial charge is 0.251 e. The van der Waals surface area contributed by atoms with E-state index in [0.29, 0.717) is 11.1 Å². The van der Waals surface area contributed by atoms with Gasteiger partial charge in [0.05, 0.1) is 5.60 Å². The lowest BCUT2D eigenvalue weighted by Gasteiger charge is -2.32. The fourth-order valence-electron chi connectivity index (χ4n) is 2.68. The summed E-state index contributed by atoms with van der Waals surface area (Å²) in [5, 5.41) is 15.7. The van der Waals surface area contributed by atoms with Crippen LogP contribution in [0.3, 0.4) is 0 Å². The average molecular weight is 290 g/mol. The maximum absolute atomic E-state index is 12.1. The van der Waals surface area contributed by atoms with Gasteiger partial charge in [0.1, 0.15) is 0 Å². The van der Waals surface area contributed by atoms with Gasteiger partial charge >= 0.3 is 0 Å². The Kier molecular flexibility index (Phi) is 4.96. The second-order valence-corrected chi connectivity index (χ2v) is 5.63. The van der Waals surface area contributed by atoms with Crippen molar-refractivity contribution in [1.29, 1.82) is 0 Å². The Bertz CT molecular complexity index is 522. The van der Waals surface area contributed by atoms with E-state index in [1.165, 1.54) is 0 Å². The molecule has 1 aromatic carbocycles. The van der Waals surface area contributed by atoms with E-state index in [9.17, 15) is 14.7 Å².